The van der Waals surface area contributed by atoms with Gasteiger partial charge in [-0.1, -0.05) is 30.3 Å². The lowest BCUT2D eigenvalue weighted by molar-refractivity contribution is -0.00576. The van der Waals surface area contributed by atoms with E-state index in [-0.39, 0.29) is 17.8 Å². The van der Waals surface area contributed by atoms with E-state index in [2.05, 4.69) is 40.8 Å². The van der Waals surface area contributed by atoms with Crippen LogP contribution < -0.4 is 15.2 Å². The van der Waals surface area contributed by atoms with E-state index in [1.54, 1.807) is 0 Å². The molecule has 172 valence electrons. The molecule has 0 unspecified atom stereocenters. The van der Waals surface area contributed by atoms with Gasteiger partial charge in [-0.2, -0.15) is 0 Å². The Labute approximate surface area is 194 Å². The largest absolute Gasteiger partial charge is 0.457 e. The molecule has 3 heterocycles. The Kier molecular flexibility index (Phi) is 6.15. The molecule has 2 aliphatic heterocycles. The number of rotatable bonds is 5. The van der Waals surface area contributed by atoms with Crippen LogP contribution in [0.5, 0.6) is 11.5 Å². The van der Waals surface area contributed by atoms with Crippen LogP contribution in [0, 0.1) is 0 Å². The predicted octanol–water partition coefficient (Wildman–Crippen LogP) is 3.73. The Morgan fingerprint density at radius 2 is 1.82 bits per heavy atom. The summed E-state index contributed by atoms with van der Waals surface area (Å²) in [6.07, 6.45) is 0.919. The molecule has 2 aliphatic rings. The number of aromatic amines is 1. The van der Waals surface area contributed by atoms with E-state index < -0.39 is 0 Å². The molecular formula is C26H30N4O3. The number of anilines is 1. The van der Waals surface area contributed by atoms with Crippen molar-refractivity contribution < 1.29 is 9.47 Å². The first-order chi connectivity index (χ1) is 16.0. The number of nitrogens with zero attached hydrogens (tertiary/aromatic N) is 3. The number of benzene rings is 2. The van der Waals surface area contributed by atoms with E-state index in [0.29, 0.717) is 18.9 Å². The first-order valence-electron chi connectivity index (χ1n) is 11.6. The molecule has 0 radical (unpaired) electrons. The van der Waals surface area contributed by atoms with Crippen molar-refractivity contribution in [1.29, 1.82) is 0 Å². The number of hydrogen-bond acceptors (Lipinski definition) is 6. The van der Waals surface area contributed by atoms with Crippen molar-refractivity contribution in [3.63, 3.8) is 0 Å². The second kappa shape index (κ2) is 9.37. The van der Waals surface area contributed by atoms with Crippen molar-refractivity contribution in [3.8, 4) is 11.5 Å². The van der Waals surface area contributed by atoms with E-state index in [0.717, 1.165) is 48.9 Å². The first-order valence-corrected chi connectivity index (χ1v) is 11.6. The third-order valence-electron chi connectivity index (χ3n) is 6.14. The van der Waals surface area contributed by atoms with Gasteiger partial charge in [0.25, 0.3) is 5.56 Å². The fourth-order valence-corrected chi connectivity index (χ4v) is 4.71. The van der Waals surface area contributed by atoms with Crippen molar-refractivity contribution in [2.75, 3.05) is 24.5 Å². The highest BCUT2D eigenvalue weighted by atomic mass is 16.5. The maximum absolute atomic E-state index is 12.8. The van der Waals surface area contributed by atoms with Gasteiger partial charge in [-0.15, -0.1) is 0 Å². The summed E-state index contributed by atoms with van der Waals surface area (Å²) in [7, 11) is 0. The number of aromatic nitrogens is 2. The molecule has 0 amide bonds. The Bertz CT molecular complexity index is 1150. The second-order valence-electron chi connectivity index (χ2n) is 9.00. The third-order valence-corrected chi connectivity index (χ3v) is 6.14. The number of fused-ring (bicyclic) bond motifs is 1. The van der Waals surface area contributed by atoms with Crippen LogP contribution in [0.1, 0.15) is 30.7 Å². The number of H-pyrrole nitrogens is 1. The zero-order valence-electron chi connectivity index (χ0n) is 19.2. The zero-order valence-corrected chi connectivity index (χ0v) is 19.2. The van der Waals surface area contributed by atoms with Gasteiger partial charge >= 0.3 is 0 Å². The van der Waals surface area contributed by atoms with E-state index in [4.69, 9.17) is 14.5 Å². The predicted molar refractivity (Wildman–Crippen MR) is 128 cm³/mol. The Balaban J connectivity index is 1.30. The molecule has 33 heavy (non-hydrogen) atoms. The van der Waals surface area contributed by atoms with E-state index >= 15 is 0 Å². The maximum Gasteiger partial charge on any atom is 0.255 e. The highest BCUT2D eigenvalue weighted by Crippen LogP contribution is 2.24. The average molecular weight is 447 g/mol. The molecule has 7 nitrogen and oxygen atoms in total. The van der Waals surface area contributed by atoms with Gasteiger partial charge in [-0.05, 0) is 50.1 Å². The molecule has 2 aromatic carbocycles. The molecule has 0 spiro atoms. The maximum atomic E-state index is 12.8. The Morgan fingerprint density at radius 3 is 2.61 bits per heavy atom. The lowest BCUT2D eigenvalue weighted by Gasteiger charge is -2.36. The van der Waals surface area contributed by atoms with E-state index in [1.807, 2.05) is 42.5 Å². The minimum atomic E-state index is -0.0142. The molecular weight excluding hydrogens is 416 g/mol. The molecule has 1 N–H and O–H groups in total. The van der Waals surface area contributed by atoms with Crippen molar-refractivity contribution in [1.82, 2.24) is 14.9 Å². The summed E-state index contributed by atoms with van der Waals surface area (Å²) < 4.78 is 11.8. The SMILES string of the molecule is C[C@@H]1CN(c2nc3c(c(=O)[nH]2)CCN(Cc2cccc(Oc4ccccc4)c2)C3)C[C@@H](C)O1. The van der Waals surface area contributed by atoms with Gasteiger partial charge in [0.05, 0.1) is 17.9 Å². The molecule has 5 rings (SSSR count). The lowest BCUT2D eigenvalue weighted by Crippen LogP contribution is -2.47. The Hall–Kier alpha value is -3.16. The fraction of sp³-hybridized carbons (Fsp3) is 0.385. The zero-order chi connectivity index (χ0) is 22.8. The smallest absolute Gasteiger partial charge is 0.255 e. The average Bonchev–Trinajstić information content (AvgIpc) is 2.79. The minimum Gasteiger partial charge on any atom is -0.457 e. The standard InChI is InChI=1S/C26H30N4O3/c1-18-14-30(15-19(2)32-18)26-27-24-17-29(12-11-23(24)25(31)28-26)16-20-7-6-10-22(13-20)33-21-8-4-3-5-9-21/h3-10,13,18-19H,11-12,14-17H2,1-2H3,(H,27,28,31)/t18-,19-/m1/s1. The molecule has 0 bridgehead atoms. The van der Waals surface area contributed by atoms with Crippen LogP contribution in [0.4, 0.5) is 5.95 Å². The van der Waals surface area contributed by atoms with Crippen molar-refractivity contribution >= 4 is 5.95 Å². The summed E-state index contributed by atoms with van der Waals surface area (Å²) >= 11 is 0. The Morgan fingerprint density at radius 1 is 1.06 bits per heavy atom. The van der Waals surface area contributed by atoms with Gasteiger partial charge in [0, 0.05) is 38.3 Å². The number of ether oxygens (including phenoxy) is 2. The molecule has 3 aromatic rings. The van der Waals surface area contributed by atoms with Gasteiger partial charge < -0.3 is 14.4 Å². The van der Waals surface area contributed by atoms with Gasteiger partial charge in [0.2, 0.25) is 5.95 Å². The summed E-state index contributed by atoms with van der Waals surface area (Å²) in [5, 5.41) is 0. The van der Waals surface area contributed by atoms with Gasteiger partial charge in [-0.3, -0.25) is 14.7 Å². The summed E-state index contributed by atoms with van der Waals surface area (Å²) in [6, 6.07) is 18.0. The molecule has 7 heteroatoms. The van der Waals surface area contributed by atoms with E-state index in [1.165, 1.54) is 5.56 Å². The molecule has 1 fully saturated rings. The highest BCUT2D eigenvalue weighted by molar-refractivity contribution is 5.36. The molecule has 2 atom stereocenters. The van der Waals surface area contributed by atoms with Crippen LogP contribution in [0.15, 0.2) is 59.4 Å². The first kappa shape index (κ1) is 21.7. The van der Waals surface area contributed by atoms with Crippen LogP contribution in [0.25, 0.3) is 0 Å². The number of nitrogens with one attached hydrogen (secondary N) is 1. The lowest BCUT2D eigenvalue weighted by atomic mass is 10.1. The monoisotopic (exact) mass is 446 g/mol. The molecule has 0 aliphatic carbocycles. The summed E-state index contributed by atoms with van der Waals surface area (Å²) in [5.41, 5.74) is 2.85. The fourth-order valence-electron chi connectivity index (χ4n) is 4.71. The molecule has 1 saturated heterocycles. The second-order valence-corrected chi connectivity index (χ2v) is 9.00. The number of para-hydroxylation sites is 1. The minimum absolute atomic E-state index is 0.0142. The van der Waals surface area contributed by atoms with Crippen molar-refractivity contribution in [2.45, 2.75) is 45.6 Å². The van der Waals surface area contributed by atoms with Crippen LogP contribution in [0.3, 0.4) is 0 Å². The number of hydrogen-bond donors (Lipinski definition) is 1. The molecule has 0 saturated carbocycles. The van der Waals surface area contributed by atoms with Crippen LogP contribution in [0.2, 0.25) is 0 Å². The quantitative estimate of drug-likeness (QED) is 0.644. The summed E-state index contributed by atoms with van der Waals surface area (Å²) in [4.78, 5) is 25.1. The van der Waals surface area contributed by atoms with Gasteiger partial charge in [0.15, 0.2) is 0 Å². The van der Waals surface area contributed by atoms with Crippen molar-refractivity contribution in [2.24, 2.45) is 0 Å². The van der Waals surface area contributed by atoms with E-state index in [9.17, 15) is 4.79 Å². The van der Waals surface area contributed by atoms with Crippen molar-refractivity contribution in [3.05, 3.63) is 81.8 Å². The summed E-state index contributed by atoms with van der Waals surface area (Å²) in [5.74, 6) is 2.30. The van der Waals surface area contributed by atoms with Gasteiger partial charge in [0.1, 0.15) is 11.5 Å². The normalized spacial score (nSPS) is 21.0. The topological polar surface area (TPSA) is 70.7 Å². The van der Waals surface area contributed by atoms with Crippen LogP contribution in [-0.2, 0) is 24.2 Å². The van der Waals surface area contributed by atoms with Crippen LogP contribution in [-0.4, -0.2) is 46.7 Å². The van der Waals surface area contributed by atoms with Crippen LogP contribution >= 0.6 is 0 Å². The van der Waals surface area contributed by atoms with Gasteiger partial charge in [-0.25, -0.2) is 4.98 Å². The highest BCUT2D eigenvalue weighted by Gasteiger charge is 2.27. The third kappa shape index (κ3) is 5.10. The molecule has 1 aromatic heterocycles. The summed E-state index contributed by atoms with van der Waals surface area (Å²) in [6.45, 7) is 7.82. The number of morpholine rings is 1.